The molecule has 0 saturated heterocycles. The standard InChI is InChI=1S/C26H25N3O4S/c1-3-20(17-11-5-4-6-12-17)28-26(31)23-18-13-7-9-15-21(18)27-24(25(23)29-34(2,32)33)19-14-8-10-16-22(19)30/h4-16,20,29-30H,3H2,1-2H3,(H,28,31)/t20-/m0/s1. The molecule has 1 heterocycles. The molecule has 0 unspecified atom stereocenters. The zero-order valence-corrected chi connectivity index (χ0v) is 19.6. The molecule has 0 aliphatic rings. The highest BCUT2D eigenvalue weighted by Crippen LogP contribution is 2.38. The van der Waals surface area contributed by atoms with Crippen molar-refractivity contribution in [2.45, 2.75) is 19.4 Å². The van der Waals surface area contributed by atoms with Gasteiger partial charge in [0.05, 0.1) is 34.8 Å². The van der Waals surface area contributed by atoms with E-state index in [9.17, 15) is 18.3 Å². The fraction of sp³-hybridized carbons (Fsp3) is 0.154. The summed E-state index contributed by atoms with van der Waals surface area (Å²) in [5.74, 6) is -0.527. The van der Waals surface area contributed by atoms with Crippen LogP contribution in [-0.4, -0.2) is 30.7 Å². The van der Waals surface area contributed by atoms with Gasteiger partial charge < -0.3 is 10.4 Å². The van der Waals surface area contributed by atoms with Crippen LogP contribution in [0.25, 0.3) is 22.2 Å². The Morgan fingerprint density at radius 3 is 2.29 bits per heavy atom. The number of phenolic OH excluding ortho intramolecular Hbond substituents is 1. The summed E-state index contributed by atoms with van der Waals surface area (Å²) in [5.41, 5.74) is 2.07. The molecule has 1 amide bonds. The molecule has 0 saturated carbocycles. The fourth-order valence-electron chi connectivity index (χ4n) is 3.94. The number of benzene rings is 3. The summed E-state index contributed by atoms with van der Waals surface area (Å²) in [6, 6.07) is 22.8. The van der Waals surface area contributed by atoms with E-state index in [2.05, 4.69) is 15.0 Å². The predicted molar refractivity (Wildman–Crippen MR) is 134 cm³/mol. The highest BCUT2D eigenvalue weighted by molar-refractivity contribution is 7.92. The van der Waals surface area contributed by atoms with Gasteiger partial charge in [-0.1, -0.05) is 67.6 Å². The van der Waals surface area contributed by atoms with Crippen molar-refractivity contribution in [1.29, 1.82) is 0 Å². The van der Waals surface area contributed by atoms with Crippen LogP contribution in [0.5, 0.6) is 5.75 Å². The summed E-state index contributed by atoms with van der Waals surface area (Å²) in [6.45, 7) is 1.96. The first-order valence-electron chi connectivity index (χ1n) is 10.8. The number of carbonyl (C=O) groups is 1. The molecule has 0 aliphatic heterocycles. The molecular formula is C26H25N3O4S. The van der Waals surface area contributed by atoms with E-state index in [0.29, 0.717) is 22.9 Å². The minimum atomic E-state index is -3.78. The van der Waals surface area contributed by atoms with Crippen molar-refractivity contribution in [3.8, 4) is 17.0 Å². The first-order valence-corrected chi connectivity index (χ1v) is 12.7. The lowest BCUT2D eigenvalue weighted by Gasteiger charge is -2.21. The molecule has 4 aromatic rings. The zero-order chi connectivity index (χ0) is 24.3. The number of para-hydroxylation sites is 2. The van der Waals surface area contributed by atoms with Gasteiger partial charge >= 0.3 is 0 Å². The Kier molecular flexibility index (Phi) is 6.51. The van der Waals surface area contributed by atoms with Gasteiger partial charge in [-0.2, -0.15) is 0 Å². The molecule has 3 N–H and O–H groups in total. The van der Waals surface area contributed by atoms with E-state index in [1.165, 1.54) is 6.07 Å². The molecule has 1 aromatic heterocycles. The van der Waals surface area contributed by atoms with Crippen LogP contribution in [0.15, 0.2) is 78.9 Å². The number of hydrogen-bond donors (Lipinski definition) is 3. The van der Waals surface area contributed by atoms with Gasteiger partial charge in [0.15, 0.2) is 0 Å². The van der Waals surface area contributed by atoms with Crippen molar-refractivity contribution in [2.75, 3.05) is 11.0 Å². The second-order valence-electron chi connectivity index (χ2n) is 7.96. The van der Waals surface area contributed by atoms with E-state index >= 15 is 0 Å². The molecule has 0 fully saturated rings. The van der Waals surface area contributed by atoms with Crippen LogP contribution in [-0.2, 0) is 10.0 Å². The van der Waals surface area contributed by atoms with Crippen LogP contribution in [0, 0.1) is 0 Å². The number of sulfonamides is 1. The second kappa shape index (κ2) is 9.52. The molecule has 0 bridgehead atoms. The number of fused-ring (bicyclic) bond motifs is 1. The minimum absolute atomic E-state index is 0.0168. The summed E-state index contributed by atoms with van der Waals surface area (Å²) in [7, 11) is -3.78. The number of nitrogens with one attached hydrogen (secondary N) is 2. The van der Waals surface area contributed by atoms with Crippen LogP contribution in [0.1, 0.15) is 35.3 Å². The molecule has 3 aromatic carbocycles. The normalized spacial score (nSPS) is 12.3. The first-order chi connectivity index (χ1) is 16.3. The lowest BCUT2D eigenvalue weighted by molar-refractivity contribution is 0.0938. The van der Waals surface area contributed by atoms with Crippen molar-refractivity contribution in [1.82, 2.24) is 10.3 Å². The lowest BCUT2D eigenvalue weighted by Crippen LogP contribution is -2.30. The summed E-state index contributed by atoms with van der Waals surface area (Å²) < 4.78 is 27.2. The van der Waals surface area contributed by atoms with Crippen molar-refractivity contribution in [3.63, 3.8) is 0 Å². The summed E-state index contributed by atoms with van der Waals surface area (Å²) >= 11 is 0. The number of amides is 1. The van der Waals surface area contributed by atoms with Crippen LogP contribution in [0.3, 0.4) is 0 Å². The Bertz CT molecular complexity index is 1450. The van der Waals surface area contributed by atoms with Crippen LogP contribution >= 0.6 is 0 Å². The highest BCUT2D eigenvalue weighted by atomic mass is 32.2. The fourth-order valence-corrected chi connectivity index (χ4v) is 4.51. The number of phenols is 1. The summed E-state index contributed by atoms with van der Waals surface area (Å²) in [5, 5.41) is 14.0. The number of hydrogen-bond acceptors (Lipinski definition) is 5. The Morgan fingerprint density at radius 1 is 0.971 bits per heavy atom. The Morgan fingerprint density at radius 2 is 1.62 bits per heavy atom. The van der Waals surface area contributed by atoms with Crippen LogP contribution in [0.4, 0.5) is 5.69 Å². The van der Waals surface area contributed by atoms with Gasteiger partial charge in [-0.15, -0.1) is 0 Å². The molecule has 0 spiro atoms. The van der Waals surface area contributed by atoms with Gasteiger partial charge in [0.2, 0.25) is 10.0 Å². The SMILES string of the molecule is CC[C@H](NC(=O)c1c(NS(C)(=O)=O)c(-c2ccccc2O)nc2ccccc12)c1ccccc1. The van der Waals surface area contributed by atoms with Crippen LogP contribution in [0.2, 0.25) is 0 Å². The second-order valence-corrected chi connectivity index (χ2v) is 9.71. The third-order valence-electron chi connectivity index (χ3n) is 5.48. The number of nitrogens with zero attached hydrogens (tertiary/aromatic N) is 1. The van der Waals surface area contributed by atoms with E-state index in [1.54, 1.807) is 42.5 Å². The van der Waals surface area contributed by atoms with E-state index in [4.69, 9.17) is 0 Å². The predicted octanol–water partition coefficient (Wildman–Crippen LogP) is 4.86. The molecule has 0 aliphatic carbocycles. The van der Waals surface area contributed by atoms with Crippen molar-refractivity contribution < 1.29 is 18.3 Å². The lowest BCUT2D eigenvalue weighted by atomic mass is 9.99. The molecule has 174 valence electrons. The van der Waals surface area contributed by atoms with Gasteiger partial charge in [0.1, 0.15) is 5.75 Å². The molecule has 4 rings (SSSR count). The largest absolute Gasteiger partial charge is 0.507 e. The maximum atomic E-state index is 13.7. The monoisotopic (exact) mass is 475 g/mol. The number of carbonyl (C=O) groups excluding carboxylic acids is 1. The molecule has 0 radical (unpaired) electrons. The molecule has 34 heavy (non-hydrogen) atoms. The van der Waals surface area contributed by atoms with Crippen molar-refractivity contribution in [2.24, 2.45) is 0 Å². The minimum Gasteiger partial charge on any atom is -0.507 e. The maximum Gasteiger partial charge on any atom is 0.254 e. The van der Waals surface area contributed by atoms with Gasteiger partial charge in [0.25, 0.3) is 5.91 Å². The molecular weight excluding hydrogens is 450 g/mol. The first kappa shape index (κ1) is 23.3. The molecule has 1 atom stereocenters. The highest BCUT2D eigenvalue weighted by Gasteiger charge is 2.26. The van der Waals surface area contributed by atoms with Gasteiger partial charge in [-0.3, -0.25) is 9.52 Å². The molecule has 7 nitrogen and oxygen atoms in total. The number of aromatic hydroxyl groups is 1. The topological polar surface area (TPSA) is 108 Å². The Balaban J connectivity index is 1.96. The Labute approximate surface area is 198 Å². The summed E-state index contributed by atoms with van der Waals surface area (Å²) in [4.78, 5) is 18.4. The van der Waals surface area contributed by atoms with Gasteiger partial charge in [-0.05, 0) is 30.2 Å². The van der Waals surface area contributed by atoms with E-state index in [-0.39, 0.29) is 28.7 Å². The number of aromatic nitrogens is 1. The number of rotatable bonds is 7. The van der Waals surface area contributed by atoms with Crippen molar-refractivity contribution in [3.05, 3.63) is 90.0 Å². The van der Waals surface area contributed by atoms with Gasteiger partial charge in [-0.25, -0.2) is 13.4 Å². The summed E-state index contributed by atoms with van der Waals surface area (Å²) in [6.07, 6.45) is 1.65. The third-order valence-corrected chi connectivity index (χ3v) is 6.06. The van der Waals surface area contributed by atoms with Crippen molar-refractivity contribution >= 4 is 32.5 Å². The zero-order valence-electron chi connectivity index (χ0n) is 18.8. The van der Waals surface area contributed by atoms with Gasteiger partial charge in [0, 0.05) is 10.9 Å². The maximum absolute atomic E-state index is 13.7. The smallest absolute Gasteiger partial charge is 0.254 e. The molecule has 8 heteroatoms. The van der Waals surface area contributed by atoms with E-state index < -0.39 is 15.9 Å². The quantitative estimate of drug-likeness (QED) is 0.354. The average Bonchev–Trinajstić information content (AvgIpc) is 2.82. The Hall–Kier alpha value is -3.91. The van der Waals surface area contributed by atoms with E-state index in [0.717, 1.165) is 11.8 Å². The third kappa shape index (κ3) is 4.87. The average molecular weight is 476 g/mol. The van der Waals surface area contributed by atoms with Crippen LogP contribution < -0.4 is 10.0 Å². The van der Waals surface area contributed by atoms with E-state index in [1.807, 2.05) is 37.3 Å². The number of anilines is 1. The number of pyridine rings is 1.